The highest BCUT2D eigenvalue weighted by atomic mass is 79.9. The SMILES string of the molecule is CC(CNN)Oc1ccccc1Br. The molecule has 1 rings (SSSR count). The largest absolute Gasteiger partial charge is 0.488 e. The summed E-state index contributed by atoms with van der Waals surface area (Å²) in [5, 5.41) is 0. The van der Waals surface area contributed by atoms with Crippen LogP contribution in [-0.4, -0.2) is 12.6 Å². The molecule has 1 unspecified atom stereocenters. The van der Waals surface area contributed by atoms with E-state index in [1.807, 2.05) is 31.2 Å². The van der Waals surface area contributed by atoms with Crippen LogP contribution in [0.3, 0.4) is 0 Å². The molecule has 0 saturated heterocycles. The molecule has 0 aromatic heterocycles. The molecule has 0 amide bonds. The molecular formula is C9H13BrN2O. The van der Waals surface area contributed by atoms with Crippen LogP contribution in [0.25, 0.3) is 0 Å². The van der Waals surface area contributed by atoms with Gasteiger partial charge in [0.1, 0.15) is 11.9 Å². The first-order valence-electron chi connectivity index (χ1n) is 4.08. The third-order valence-electron chi connectivity index (χ3n) is 1.57. The van der Waals surface area contributed by atoms with E-state index >= 15 is 0 Å². The van der Waals surface area contributed by atoms with Gasteiger partial charge in [-0.25, -0.2) is 0 Å². The van der Waals surface area contributed by atoms with Crippen LogP contribution in [0.15, 0.2) is 28.7 Å². The number of rotatable bonds is 4. The van der Waals surface area contributed by atoms with Gasteiger partial charge in [0.15, 0.2) is 0 Å². The number of para-hydroxylation sites is 1. The van der Waals surface area contributed by atoms with E-state index < -0.39 is 0 Å². The summed E-state index contributed by atoms with van der Waals surface area (Å²) in [6.07, 6.45) is 0.0590. The lowest BCUT2D eigenvalue weighted by Gasteiger charge is -2.14. The lowest BCUT2D eigenvalue weighted by molar-refractivity contribution is 0.216. The van der Waals surface area contributed by atoms with E-state index in [1.165, 1.54) is 0 Å². The maximum atomic E-state index is 5.60. The minimum atomic E-state index is 0.0590. The Morgan fingerprint density at radius 2 is 2.23 bits per heavy atom. The number of benzene rings is 1. The first kappa shape index (κ1) is 10.5. The fourth-order valence-corrected chi connectivity index (χ4v) is 1.34. The van der Waals surface area contributed by atoms with Gasteiger partial charge in [0.25, 0.3) is 0 Å². The summed E-state index contributed by atoms with van der Waals surface area (Å²) in [5.74, 6) is 6.02. The van der Waals surface area contributed by atoms with Crippen molar-refractivity contribution in [2.45, 2.75) is 13.0 Å². The molecule has 0 radical (unpaired) electrons. The van der Waals surface area contributed by atoms with Crippen molar-refractivity contribution in [3.63, 3.8) is 0 Å². The van der Waals surface area contributed by atoms with E-state index in [4.69, 9.17) is 10.6 Å². The highest BCUT2D eigenvalue weighted by Gasteiger charge is 2.04. The van der Waals surface area contributed by atoms with Gasteiger partial charge >= 0.3 is 0 Å². The standard InChI is InChI=1S/C9H13BrN2O/c1-7(6-12-11)13-9-5-3-2-4-8(9)10/h2-5,7,12H,6,11H2,1H3. The van der Waals surface area contributed by atoms with Crippen LogP contribution < -0.4 is 16.0 Å². The predicted molar refractivity (Wildman–Crippen MR) is 56.4 cm³/mol. The topological polar surface area (TPSA) is 47.3 Å². The minimum Gasteiger partial charge on any atom is -0.488 e. The molecule has 0 aliphatic carbocycles. The highest BCUT2D eigenvalue weighted by Crippen LogP contribution is 2.24. The Morgan fingerprint density at radius 3 is 2.85 bits per heavy atom. The molecular weight excluding hydrogens is 232 g/mol. The maximum Gasteiger partial charge on any atom is 0.133 e. The Hall–Kier alpha value is -0.580. The number of hydrazine groups is 1. The van der Waals surface area contributed by atoms with Gasteiger partial charge in [-0.1, -0.05) is 12.1 Å². The van der Waals surface area contributed by atoms with Crippen molar-refractivity contribution in [3.8, 4) is 5.75 Å². The molecule has 0 aliphatic rings. The van der Waals surface area contributed by atoms with Crippen LogP contribution in [0.4, 0.5) is 0 Å². The Balaban J connectivity index is 2.58. The van der Waals surface area contributed by atoms with Crippen molar-refractivity contribution >= 4 is 15.9 Å². The van der Waals surface area contributed by atoms with Gasteiger partial charge in [-0.05, 0) is 35.0 Å². The van der Waals surface area contributed by atoms with Crippen molar-refractivity contribution in [3.05, 3.63) is 28.7 Å². The fraction of sp³-hybridized carbons (Fsp3) is 0.333. The summed E-state index contributed by atoms with van der Waals surface area (Å²) < 4.78 is 6.55. The molecule has 1 aromatic rings. The summed E-state index contributed by atoms with van der Waals surface area (Å²) >= 11 is 3.40. The number of nitrogens with two attached hydrogens (primary N) is 1. The number of halogens is 1. The van der Waals surface area contributed by atoms with Crippen molar-refractivity contribution in [1.29, 1.82) is 0 Å². The Kier molecular flexibility index (Phi) is 4.21. The third-order valence-corrected chi connectivity index (χ3v) is 2.23. The van der Waals surface area contributed by atoms with Crippen molar-refractivity contribution in [2.24, 2.45) is 5.84 Å². The smallest absolute Gasteiger partial charge is 0.133 e. The second-order valence-electron chi connectivity index (χ2n) is 2.77. The minimum absolute atomic E-state index is 0.0590. The molecule has 0 heterocycles. The fourth-order valence-electron chi connectivity index (χ4n) is 0.965. The molecule has 0 aliphatic heterocycles. The Labute approximate surface area is 86.4 Å². The number of hydrogen-bond acceptors (Lipinski definition) is 3. The van der Waals surface area contributed by atoms with Gasteiger partial charge in [0.2, 0.25) is 0 Å². The van der Waals surface area contributed by atoms with Crippen LogP contribution in [0.1, 0.15) is 6.92 Å². The molecule has 3 N–H and O–H groups in total. The molecule has 3 nitrogen and oxygen atoms in total. The van der Waals surface area contributed by atoms with Gasteiger partial charge < -0.3 is 4.74 Å². The van der Waals surface area contributed by atoms with Crippen LogP contribution in [0.2, 0.25) is 0 Å². The average molecular weight is 245 g/mol. The number of ether oxygens (including phenoxy) is 1. The molecule has 72 valence electrons. The lowest BCUT2D eigenvalue weighted by atomic mass is 10.3. The molecule has 1 atom stereocenters. The van der Waals surface area contributed by atoms with Crippen molar-refractivity contribution in [1.82, 2.24) is 5.43 Å². The van der Waals surface area contributed by atoms with E-state index in [-0.39, 0.29) is 6.10 Å². The summed E-state index contributed by atoms with van der Waals surface area (Å²) in [5.41, 5.74) is 2.57. The quantitative estimate of drug-likeness (QED) is 0.626. The average Bonchev–Trinajstić information content (AvgIpc) is 2.09. The molecule has 0 bridgehead atoms. The van der Waals surface area contributed by atoms with Crippen LogP contribution in [0.5, 0.6) is 5.75 Å². The Bertz CT molecular complexity index is 268. The van der Waals surface area contributed by atoms with Gasteiger partial charge in [0.05, 0.1) is 4.47 Å². The van der Waals surface area contributed by atoms with Gasteiger partial charge in [-0.2, -0.15) is 0 Å². The van der Waals surface area contributed by atoms with Gasteiger partial charge in [0, 0.05) is 6.54 Å². The second kappa shape index (κ2) is 5.21. The highest BCUT2D eigenvalue weighted by molar-refractivity contribution is 9.10. The first-order chi connectivity index (χ1) is 6.24. The monoisotopic (exact) mass is 244 g/mol. The Morgan fingerprint density at radius 1 is 1.54 bits per heavy atom. The number of nitrogens with one attached hydrogen (secondary N) is 1. The second-order valence-corrected chi connectivity index (χ2v) is 3.62. The van der Waals surface area contributed by atoms with Crippen LogP contribution in [0, 0.1) is 0 Å². The zero-order valence-electron chi connectivity index (χ0n) is 7.46. The summed E-state index contributed by atoms with van der Waals surface area (Å²) in [4.78, 5) is 0. The zero-order valence-corrected chi connectivity index (χ0v) is 9.04. The van der Waals surface area contributed by atoms with Crippen molar-refractivity contribution in [2.75, 3.05) is 6.54 Å². The van der Waals surface area contributed by atoms with E-state index in [2.05, 4.69) is 21.4 Å². The van der Waals surface area contributed by atoms with E-state index in [1.54, 1.807) is 0 Å². The molecule has 0 fully saturated rings. The third kappa shape index (κ3) is 3.34. The van der Waals surface area contributed by atoms with E-state index in [0.29, 0.717) is 6.54 Å². The first-order valence-corrected chi connectivity index (χ1v) is 4.88. The van der Waals surface area contributed by atoms with E-state index in [0.717, 1.165) is 10.2 Å². The number of hydrogen-bond donors (Lipinski definition) is 2. The molecule has 13 heavy (non-hydrogen) atoms. The zero-order chi connectivity index (χ0) is 9.68. The summed E-state index contributed by atoms with van der Waals surface area (Å²) in [6.45, 7) is 2.58. The van der Waals surface area contributed by atoms with Gasteiger partial charge in [-0.15, -0.1) is 0 Å². The van der Waals surface area contributed by atoms with Crippen LogP contribution in [-0.2, 0) is 0 Å². The summed E-state index contributed by atoms with van der Waals surface area (Å²) in [6, 6.07) is 7.74. The summed E-state index contributed by atoms with van der Waals surface area (Å²) in [7, 11) is 0. The molecule has 4 heteroatoms. The normalized spacial score (nSPS) is 12.5. The lowest BCUT2D eigenvalue weighted by Crippen LogP contribution is -2.33. The maximum absolute atomic E-state index is 5.60. The van der Waals surface area contributed by atoms with Crippen LogP contribution >= 0.6 is 15.9 Å². The molecule has 1 aromatic carbocycles. The predicted octanol–water partition coefficient (Wildman–Crippen LogP) is 1.68. The van der Waals surface area contributed by atoms with E-state index in [9.17, 15) is 0 Å². The molecule has 0 saturated carbocycles. The molecule has 0 spiro atoms. The van der Waals surface area contributed by atoms with Gasteiger partial charge in [-0.3, -0.25) is 11.3 Å². The van der Waals surface area contributed by atoms with Crippen molar-refractivity contribution < 1.29 is 4.74 Å².